The summed E-state index contributed by atoms with van der Waals surface area (Å²) in [5.74, 6) is 0.570. The monoisotopic (exact) mass is 499 g/mol. The largest absolute Gasteiger partial charge is 0.404 e. The summed E-state index contributed by atoms with van der Waals surface area (Å²) in [4.78, 5) is 4.61. The van der Waals surface area contributed by atoms with Crippen LogP contribution in [0.1, 0.15) is 57.4 Å². The van der Waals surface area contributed by atoms with Crippen molar-refractivity contribution in [3.63, 3.8) is 0 Å². The van der Waals surface area contributed by atoms with E-state index in [1.807, 2.05) is 6.20 Å². The zero-order valence-corrected chi connectivity index (χ0v) is 21.4. The van der Waals surface area contributed by atoms with Gasteiger partial charge in [-0.05, 0) is 57.0 Å². The van der Waals surface area contributed by atoms with Crippen LogP contribution in [0.3, 0.4) is 0 Å². The molecule has 5 heteroatoms. The van der Waals surface area contributed by atoms with Gasteiger partial charge in [0, 0.05) is 12.0 Å². The van der Waals surface area contributed by atoms with E-state index in [-0.39, 0.29) is 5.04 Å². The molecule has 4 rings (SSSR count). The minimum atomic E-state index is -2.45. The lowest BCUT2D eigenvalue weighted by Gasteiger charge is -2.46. The number of halogens is 1. The Labute approximate surface area is 194 Å². The van der Waals surface area contributed by atoms with Crippen molar-refractivity contribution in [2.75, 3.05) is 0 Å². The molecule has 3 aromatic rings. The standard InChI is InChI=1S/C25H30BrNOSSi/c1-25(2,3)30(21-10-6-4-7-11-21,22-12-8-5-9-13-22)28-20-16-14-19(15-17-20)24-27-18-23(26)29-24/h4-13,18-20H,14-17H2,1-3H3/t19-,20-. The van der Waals surface area contributed by atoms with Crippen molar-refractivity contribution in [1.82, 2.24) is 4.98 Å². The fourth-order valence-electron chi connectivity index (χ4n) is 4.82. The number of hydrogen-bond acceptors (Lipinski definition) is 3. The van der Waals surface area contributed by atoms with Crippen LogP contribution in [-0.2, 0) is 4.43 Å². The molecule has 2 nitrogen and oxygen atoms in total. The predicted octanol–water partition coefficient (Wildman–Crippen LogP) is 6.51. The highest BCUT2D eigenvalue weighted by Crippen LogP contribution is 2.42. The van der Waals surface area contributed by atoms with Crippen LogP contribution in [0.4, 0.5) is 0 Å². The summed E-state index contributed by atoms with van der Waals surface area (Å²) in [5, 5.41) is 4.04. The Bertz CT molecular complexity index is 907. The van der Waals surface area contributed by atoms with Crippen molar-refractivity contribution in [3.05, 3.63) is 75.7 Å². The van der Waals surface area contributed by atoms with Gasteiger partial charge in [0.25, 0.3) is 8.32 Å². The van der Waals surface area contributed by atoms with Crippen LogP contribution in [0.15, 0.2) is 70.6 Å². The predicted molar refractivity (Wildman–Crippen MR) is 134 cm³/mol. The van der Waals surface area contributed by atoms with E-state index in [4.69, 9.17) is 4.43 Å². The Kier molecular flexibility index (Phi) is 6.63. The average Bonchev–Trinajstić information content (AvgIpc) is 3.19. The number of hydrogen-bond donors (Lipinski definition) is 0. The molecule has 158 valence electrons. The molecule has 1 aliphatic carbocycles. The number of benzene rings is 2. The van der Waals surface area contributed by atoms with E-state index >= 15 is 0 Å². The van der Waals surface area contributed by atoms with E-state index in [1.54, 1.807) is 11.3 Å². The van der Waals surface area contributed by atoms with Gasteiger partial charge in [0.05, 0.1) is 15.0 Å². The van der Waals surface area contributed by atoms with Crippen LogP contribution in [-0.4, -0.2) is 19.4 Å². The number of rotatable bonds is 5. The Morgan fingerprint density at radius 1 is 0.900 bits per heavy atom. The zero-order chi connectivity index (χ0) is 21.2. The number of aromatic nitrogens is 1. The van der Waals surface area contributed by atoms with Gasteiger partial charge < -0.3 is 4.43 Å². The molecule has 0 bridgehead atoms. The second-order valence-corrected chi connectivity index (χ2v) is 16.0. The smallest absolute Gasteiger partial charge is 0.261 e. The van der Waals surface area contributed by atoms with Gasteiger partial charge in [-0.25, -0.2) is 4.98 Å². The van der Waals surface area contributed by atoms with Crippen LogP contribution < -0.4 is 10.4 Å². The molecule has 1 heterocycles. The van der Waals surface area contributed by atoms with E-state index in [9.17, 15) is 0 Å². The Morgan fingerprint density at radius 2 is 1.43 bits per heavy atom. The fraction of sp³-hybridized carbons (Fsp3) is 0.400. The van der Waals surface area contributed by atoms with E-state index in [2.05, 4.69) is 102 Å². The van der Waals surface area contributed by atoms with Gasteiger partial charge >= 0.3 is 0 Å². The zero-order valence-electron chi connectivity index (χ0n) is 18.0. The highest BCUT2D eigenvalue weighted by atomic mass is 79.9. The first-order chi connectivity index (χ1) is 14.4. The lowest BCUT2D eigenvalue weighted by molar-refractivity contribution is 0.135. The minimum Gasteiger partial charge on any atom is -0.404 e. The van der Waals surface area contributed by atoms with Crippen molar-refractivity contribution < 1.29 is 4.43 Å². The van der Waals surface area contributed by atoms with Crippen LogP contribution in [0.5, 0.6) is 0 Å². The van der Waals surface area contributed by atoms with Gasteiger partial charge in [-0.2, -0.15) is 0 Å². The fourth-order valence-corrected chi connectivity index (χ4v) is 11.0. The maximum absolute atomic E-state index is 7.32. The first-order valence-electron chi connectivity index (χ1n) is 10.8. The third-order valence-electron chi connectivity index (χ3n) is 6.28. The summed E-state index contributed by atoms with van der Waals surface area (Å²) < 4.78 is 8.45. The molecule has 1 aromatic heterocycles. The van der Waals surface area contributed by atoms with Gasteiger partial charge in [-0.3, -0.25) is 0 Å². The molecule has 0 unspecified atom stereocenters. The normalized spacial score (nSPS) is 20.3. The maximum Gasteiger partial charge on any atom is 0.261 e. The molecule has 1 saturated carbocycles. The van der Waals surface area contributed by atoms with Crippen LogP contribution in [0.2, 0.25) is 5.04 Å². The number of nitrogens with zero attached hydrogens (tertiary/aromatic N) is 1. The SMILES string of the molecule is CC(C)(C)[Si](O[C@H]1CC[C@H](c2ncc(Br)s2)CC1)(c1ccccc1)c1ccccc1. The summed E-state index contributed by atoms with van der Waals surface area (Å²) in [7, 11) is -2.45. The summed E-state index contributed by atoms with van der Waals surface area (Å²) in [6.07, 6.45) is 6.76. The van der Waals surface area contributed by atoms with Crippen molar-refractivity contribution in [2.24, 2.45) is 0 Å². The summed E-state index contributed by atoms with van der Waals surface area (Å²) >= 11 is 5.34. The van der Waals surface area contributed by atoms with Crippen LogP contribution in [0, 0.1) is 0 Å². The summed E-state index contributed by atoms with van der Waals surface area (Å²) in [5.41, 5.74) is 0. The maximum atomic E-state index is 7.32. The molecule has 0 aliphatic heterocycles. The third-order valence-corrected chi connectivity index (χ3v) is 13.0. The first kappa shape index (κ1) is 21.9. The Balaban J connectivity index is 1.64. The lowest BCUT2D eigenvalue weighted by atomic mass is 9.88. The second kappa shape index (κ2) is 9.07. The van der Waals surface area contributed by atoms with E-state index in [0.29, 0.717) is 12.0 Å². The molecule has 0 spiro atoms. The van der Waals surface area contributed by atoms with E-state index in [0.717, 1.165) is 29.5 Å². The van der Waals surface area contributed by atoms with Crippen molar-refractivity contribution in [3.8, 4) is 0 Å². The molecular formula is C25H30BrNOSSi. The van der Waals surface area contributed by atoms with Gasteiger partial charge in [0.2, 0.25) is 0 Å². The topological polar surface area (TPSA) is 22.1 Å². The molecule has 1 aliphatic rings. The highest BCUT2D eigenvalue weighted by molar-refractivity contribution is 9.11. The van der Waals surface area contributed by atoms with Gasteiger partial charge in [0.15, 0.2) is 0 Å². The van der Waals surface area contributed by atoms with Gasteiger partial charge in [-0.15, -0.1) is 11.3 Å². The highest BCUT2D eigenvalue weighted by Gasteiger charge is 2.51. The minimum absolute atomic E-state index is 0.0345. The van der Waals surface area contributed by atoms with Crippen LogP contribution in [0.25, 0.3) is 0 Å². The molecule has 0 N–H and O–H groups in total. The molecule has 0 amide bonds. The van der Waals surface area contributed by atoms with E-state index in [1.165, 1.54) is 15.4 Å². The van der Waals surface area contributed by atoms with Gasteiger partial charge in [0.1, 0.15) is 0 Å². The van der Waals surface area contributed by atoms with Crippen molar-refractivity contribution in [1.29, 1.82) is 0 Å². The molecule has 30 heavy (non-hydrogen) atoms. The summed E-state index contributed by atoms with van der Waals surface area (Å²) in [6.45, 7) is 7.08. The molecular weight excluding hydrogens is 470 g/mol. The molecule has 0 radical (unpaired) electrons. The number of thiazole rings is 1. The first-order valence-corrected chi connectivity index (χ1v) is 14.3. The second-order valence-electron chi connectivity index (χ2n) is 9.26. The van der Waals surface area contributed by atoms with Gasteiger partial charge in [-0.1, -0.05) is 81.4 Å². The van der Waals surface area contributed by atoms with Crippen molar-refractivity contribution in [2.45, 2.75) is 63.5 Å². The van der Waals surface area contributed by atoms with E-state index < -0.39 is 8.32 Å². The van der Waals surface area contributed by atoms with Crippen LogP contribution >= 0.6 is 27.3 Å². The quantitative estimate of drug-likeness (QED) is 0.373. The Morgan fingerprint density at radius 3 is 1.87 bits per heavy atom. The molecule has 2 aromatic carbocycles. The molecule has 0 saturated heterocycles. The summed E-state index contributed by atoms with van der Waals surface area (Å²) in [6, 6.07) is 22.0. The molecule has 1 fully saturated rings. The average molecular weight is 501 g/mol. The third kappa shape index (κ3) is 4.36. The molecule has 0 atom stereocenters. The van der Waals surface area contributed by atoms with Crippen molar-refractivity contribution >= 4 is 46.0 Å². The Hall–Kier alpha value is -1.27. The lowest BCUT2D eigenvalue weighted by Crippen LogP contribution is -2.67.